The van der Waals surface area contributed by atoms with Crippen LogP contribution in [0.1, 0.15) is 20.8 Å². The average Bonchev–Trinajstić information content (AvgIpc) is 2.49. The molecular weight excluding hydrogens is 324 g/mol. The summed E-state index contributed by atoms with van der Waals surface area (Å²) in [5.41, 5.74) is 0.917. The second kappa shape index (κ2) is 6.91. The van der Waals surface area contributed by atoms with Crippen molar-refractivity contribution in [3.05, 3.63) is 60.2 Å². The van der Waals surface area contributed by atoms with E-state index >= 15 is 0 Å². The number of Topliss-reactive ketones (excluding diaryl/α,β-unsaturated/α-hetero) is 1. The van der Waals surface area contributed by atoms with Gasteiger partial charge in [0.2, 0.25) is 12.3 Å². The van der Waals surface area contributed by atoms with Gasteiger partial charge in [-0.15, -0.1) is 0 Å². The molecule has 0 aliphatic rings. The van der Waals surface area contributed by atoms with Gasteiger partial charge in [-0.3, -0.25) is 9.78 Å². The Labute approximate surface area is 124 Å². The third-order valence-electron chi connectivity index (χ3n) is 2.64. The zero-order valence-corrected chi connectivity index (χ0v) is 12.1. The van der Waals surface area contributed by atoms with Crippen molar-refractivity contribution in [2.24, 2.45) is 0 Å². The van der Waals surface area contributed by atoms with Crippen LogP contribution in [0.4, 0.5) is 0 Å². The number of hydrogen-bond acceptors (Lipinski definition) is 4. The van der Waals surface area contributed by atoms with Gasteiger partial charge in [-0.05, 0) is 15.9 Å². The molecule has 2 aromatic rings. The van der Waals surface area contributed by atoms with Crippen LogP contribution < -0.4 is 4.57 Å². The third-order valence-corrected chi connectivity index (χ3v) is 2.87. The van der Waals surface area contributed by atoms with Crippen LogP contribution >= 0.6 is 15.9 Å². The predicted molar refractivity (Wildman–Crippen MR) is 74.4 cm³/mol. The summed E-state index contributed by atoms with van der Waals surface area (Å²) < 4.78 is 6.38. The van der Waals surface area contributed by atoms with Gasteiger partial charge >= 0.3 is 11.7 Å². The highest BCUT2D eigenvalue weighted by atomic mass is 79.9. The molecule has 2 rings (SSSR count). The summed E-state index contributed by atoms with van der Waals surface area (Å²) in [4.78, 5) is 27.8. The Kier molecular flexibility index (Phi) is 4.95. The predicted octanol–water partition coefficient (Wildman–Crippen LogP) is 1.76. The Morgan fingerprint density at radius 1 is 1.25 bits per heavy atom. The van der Waals surface area contributed by atoms with E-state index in [4.69, 9.17) is 4.74 Å². The van der Waals surface area contributed by atoms with E-state index in [1.807, 2.05) is 6.07 Å². The van der Waals surface area contributed by atoms with E-state index in [2.05, 4.69) is 20.9 Å². The van der Waals surface area contributed by atoms with Gasteiger partial charge in [0.15, 0.2) is 6.20 Å². The highest BCUT2D eigenvalue weighted by Crippen LogP contribution is 2.01. The molecular formula is C14H12BrN2O3+. The SMILES string of the molecule is O=C(C[n+]1ccncc1C(=O)OCBr)c1ccccc1. The minimum absolute atomic E-state index is 0.0548. The number of nitrogens with zero attached hydrogens (tertiary/aromatic N) is 2. The van der Waals surface area contributed by atoms with E-state index in [9.17, 15) is 9.59 Å². The van der Waals surface area contributed by atoms with Crippen molar-refractivity contribution >= 4 is 27.7 Å². The van der Waals surface area contributed by atoms with Gasteiger partial charge in [0.1, 0.15) is 11.7 Å². The second-order valence-electron chi connectivity index (χ2n) is 3.92. The van der Waals surface area contributed by atoms with Crippen LogP contribution in [0.3, 0.4) is 0 Å². The number of rotatable bonds is 5. The average molecular weight is 336 g/mol. The minimum Gasteiger partial charge on any atom is -0.446 e. The Balaban J connectivity index is 2.21. The molecule has 1 aromatic carbocycles. The van der Waals surface area contributed by atoms with Gasteiger partial charge in [-0.25, -0.2) is 4.79 Å². The molecule has 5 nitrogen and oxygen atoms in total. The number of aromatic nitrogens is 2. The monoisotopic (exact) mass is 335 g/mol. The lowest BCUT2D eigenvalue weighted by Gasteiger charge is -2.02. The summed E-state index contributed by atoms with van der Waals surface area (Å²) in [6.07, 6.45) is 4.47. The van der Waals surface area contributed by atoms with Crippen LogP contribution in [0.2, 0.25) is 0 Å². The van der Waals surface area contributed by atoms with Crippen LogP contribution in [0.25, 0.3) is 0 Å². The fourth-order valence-electron chi connectivity index (χ4n) is 1.69. The maximum Gasteiger partial charge on any atom is 0.406 e. The number of halogens is 1. The molecule has 0 unspecified atom stereocenters. The highest BCUT2D eigenvalue weighted by molar-refractivity contribution is 9.09. The van der Waals surface area contributed by atoms with E-state index in [0.717, 1.165) is 0 Å². The zero-order valence-electron chi connectivity index (χ0n) is 10.5. The first kappa shape index (κ1) is 14.3. The first-order valence-corrected chi connectivity index (χ1v) is 6.99. The summed E-state index contributed by atoms with van der Waals surface area (Å²) in [7, 11) is 0. The molecule has 102 valence electrons. The molecule has 0 saturated carbocycles. The molecule has 0 N–H and O–H groups in total. The lowest BCUT2D eigenvalue weighted by molar-refractivity contribution is -0.686. The van der Waals surface area contributed by atoms with Crippen LogP contribution in [0.15, 0.2) is 48.9 Å². The lowest BCUT2D eigenvalue weighted by atomic mass is 10.1. The van der Waals surface area contributed by atoms with Gasteiger partial charge in [-0.2, -0.15) is 4.57 Å². The minimum atomic E-state index is -0.532. The van der Waals surface area contributed by atoms with Crippen LogP contribution in [0, 0.1) is 0 Å². The molecule has 0 aliphatic carbocycles. The summed E-state index contributed by atoms with van der Waals surface area (Å²) in [6, 6.07) is 8.91. The maximum absolute atomic E-state index is 12.1. The quantitative estimate of drug-likeness (QED) is 0.361. The fraction of sp³-hybridized carbons (Fsp3) is 0.143. The van der Waals surface area contributed by atoms with E-state index in [-0.39, 0.29) is 23.5 Å². The lowest BCUT2D eigenvalue weighted by Crippen LogP contribution is -2.44. The number of carbonyl (C=O) groups excluding carboxylic acids is 2. The zero-order chi connectivity index (χ0) is 14.4. The van der Waals surface area contributed by atoms with Crippen molar-refractivity contribution in [1.29, 1.82) is 0 Å². The number of ketones is 1. The summed E-state index contributed by atoms with van der Waals surface area (Å²) in [6.45, 7) is 0.0548. The fourth-order valence-corrected chi connectivity index (χ4v) is 1.90. The van der Waals surface area contributed by atoms with Crippen molar-refractivity contribution in [3.63, 3.8) is 0 Å². The van der Waals surface area contributed by atoms with Crippen molar-refractivity contribution in [2.45, 2.75) is 6.54 Å². The molecule has 20 heavy (non-hydrogen) atoms. The van der Waals surface area contributed by atoms with E-state index in [1.54, 1.807) is 30.5 Å². The van der Waals surface area contributed by atoms with Crippen molar-refractivity contribution in [2.75, 3.05) is 5.52 Å². The molecule has 0 bridgehead atoms. The molecule has 1 aromatic heterocycles. The molecule has 0 spiro atoms. The number of hydrogen-bond donors (Lipinski definition) is 0. The van der Waals surface area contributed by atoms with Gasteiger partial charge in [0.25, 0.3) is 0 Å². The second-order valence-corrected chi connectivity index (χ2v) is 4.38. The number of esters is 1. The maximum atomic E-state index is 12.1. The smallest absolute Gasteiger partial charge is 0.406 e. The molecule has 0 atom stereocenters. The van der Waals surface area contributed by atoms with Gasteiger partial charge in [-0.1, -0.05) is 30.3 Å². The summed E-state index contributed by atoms with van der Waals surface area (Å²) in [5, 5.41) is 0. The summed E-state index contributed by atoms with van der Waals surface area (Å²) in [5.74, 6) is -0.620. The van der Waals surface area contributed by atoms with E-state index < -0.39 is 5.97 Å². The standard InChI is InChI=1S/C14H12BrN2O3/c15-10-20-14(19)12-8-16-6-7-17(12)9-13(18)11-4-2-1-3-5-11/h1-8H,9-10H2/q+1. The number of carbonyl (C=O) groups is 2. The highest BCUT2D eigenvalue weighted by Gasteiger charge is 2.23. The molecule has 0 fully saturated rings. The first-order valence-electron chi connectivity index (χ1n) is 5.87. The largest absolute Gasteiger partial charge is 0.446 e. The number of alkyl halides is 1. The summed E-state index contributed by atoms with van der Waals surface area (Å²) >= 11 is 3.02. The van der Waals surface area contributed by atoms with Crippen molar-refractivity contribution in [1.82, 2.24) is 4.98 Å². The Morgan fingerprint density at radius 2 is 2.00 bits per heavy atom. The van der Waals surface area contributed by atoms with Gasteiger partial charge in [0.05, 0.1) is 6.20 Å². The molecule has 0 saturated heterocycles. The topological polar surface area (TPSA) is 60.1 Å². The van der Waals surface area contributed by atoms with Crippen LogP contribution in [0.5, 0.6) is 0 Å². The first-order chi connectivity index (χ1) is 9.72. The van der Waals surface area contributed by atoms with Crippen LogP contribution in [-0.4, -0.2) is 22.3 Å². The molecule has 6 heteroatoms. The van der Waals surface area contributed by atoms with Crippen LogP contribution in [-0.2, 0) is 11.3 Å². The van der Waals surface area contributed by atoms with E-state index in [1.165, 1.54) is 17.0 Å². The molecule has 1 heterocycles. The Bertz CT molecular complexity index is 617. The molecule has 0 radical (unpaired) electrons. The normalized spacial score (nSPS) is 10.1. The van der Waals surface area contributed by atoms with Crippen molar-refractivity contribution < 1.29 is 18.9 Å². The third kappa shape index (κ3) is 3.48. The number of benzene rings is 1. The van der Waals surface area contributed by atoms with Gasteiger partial charge < -0.3 is 4.74 Å². The Morgan fingerprint density at radius 3 is 2.70 bits per heavy atom. The Hall–Kier alpha value is -2.08. The van der Waals surface area contributed by atoms with Gasteiger partial charge in [0, 0.05) is 5.56 Å². The van der Waals surface area contributed by atoms with Crippen molar-refractivity contribution in [3.8, 4) is 0 Å². The molecule has 0 amide bonds. The number of ether oxygens (including phenoxy) is 1. The van der Waals surface area contributed by atoms with E-state index in [0.29, 0.717) is 5.56 Å². The molecule has 0 aliphatic heterocycles.